The molecule has 0 aliphatic heterocycles. The number of nitrogens with one attached hydrogen (secondary N) is 1. The van der Waals surface area contributed by atoms with Crippen LogP contribution in [0.5, 0.6) is 0 Å². The van der Waals surface area contributed by atoms with E-state index in [4.69, 9.17) is 16.8 Å². The van der Waals surface area contributed by atoms with Crippen molar-refractivity contribution in [1.29, 1.82) is 0 Å². The highest BCUT2D eigenvalue weighted by Gasteiger charge is 2.52. The third-order valence-electron chi connectivity index (χ3n) is 4.15. The van der Waals surface area contributed by atoms with Crippen molar-refractivity contribution in [1.82, 2.24) is 10.4 Å². The van der Waals surface area contributed by atoms with Crippen LogP contribution in [0.25, 0.3) is 0 Å². The van der Waals surface area contributed by atoms with Crippen LogP contribution in [0.1, 0.15) is 31.7 Å². The van der Waals surface area contributed by atoms with Gasteiger partial charge in [-0.05, 0) is 36.5 Å². The monoisotopic (exact) mass is 324 g/mol. The van der Waals surface area contributed by atoms with Crippen LogP contribution in [0.4, 0.5) is 0 Å². The van der Waals surface area contributed by atoms with E-state index in [0.29, 0.717) is 11.6 Å². The van der Waals surface area contributed by atoms with Crippen molar-refractivity contribution in [3.05, 3.63) is 34.9 Å². The largest absolute Gasteiger partial charge is 0.345 e. The van der Waals surface area contributed by atoms with Crippen LogP contribution in [0.3, 0.4) is 0 Å². The Hall–Kier alpha value is -1.59. The fraction of sp³-hybridized carbons (Fsp3) is 0.500. The van der Waals surface area contributed by atoms with Gasteiger partial charge in [0.05, 0.1) is 5.41 Å². The van der Waals surface area contributed by atoms with E-state index in [1.54, 1.807) is 29.6 Å². The summed E-state index contributed by atoms with van der Waals surface area (Å²) >= 11 is 5.90. The molecular formula is C16H21ClN2O3. The first kappa shape index (κ1) is 16.8. The number of carbonyl (C=O) groups excluding carboxylic acids is 2. The Bertz CT molecular complexity index is 555. The van der Waals surface area contributed by atoms with Gasteiger partial charge in [0.15, 0.2) is 0 Å². The van der Waals surface area contributed by atoms with Gasteiger partial charge in [-0.2, -0.15) is 0 Å². The van der Waals surface area contributed by atoms with Gasteiger partial charge in [0.2, 0.25) is 11.8 Å². The van der Waals surface area contributed by atoms with Crippen LogP contribution in [0.15, 0.2) is 24.3 Å². The summed E-state index contributed by atoms with van der Waals surface area (Å²) in [6.45, 7) is 2.35. The van der Waals surface area contributed by atoms with Crippen LogP contribution < -0.4 is 5.48 Å². The molecule has 6 heteroatoms. The van der Waals surface area contributed by atoms with E-state index in [1.807, 2.05) is 19.1 Å². The summed E-state index contributed by atoms with van der Waals surface area (Å²) < 4.78 is 0. The van der Waals surface area contributed by atoms with Gasteiger partial charge in [-0.3, -0.25) is 14.8 Å². The number of likely N-dealkylation sites (N-methyl/N-ethyl adjacent to an activating group) is 1. The molecule has 120 valence electrons. The van der Waals surface area contributed by atoms with Gasteiger partial charge < -0.3 is 4.90 Å². The van der Waals surface area contributed by atoms with Gasteiger partial charge in [-0.25, -0.2) is 5.48 Å². The summed E-state index contributed by atoms with van der Waals surface area (Å²) in [5, 5.41) is 9.20. The molecule has 0 heterocycles. The molecule has 1 aliphatic rings. The highest BCUT2D eigenvalue weighted by molar-refractivity contribution is 6.30. The van der Waals surface area contributed by atoms with Crippen molar-refractivity contribution >= 4 is 23.4 Å². The number of carbonyl (C=O) groups is 2. The minimum absolute atomic E-state index is 0.0258. The number of halogens is 1. The van der Waals surface area contributed by atoms with E-state index in [0.717, 1.165) is 18.4 Å². The van der Waals surface area contributed by atoms with Crippen molar-refractivity contribution in [3.8, 4) is 0 Å². The summed E-state index contributed by atoms with van der Waals surface area (Å²) in [7, 11) is 1.76. The van der Waals surface area contributed by atoms with Crippen molar-refractivity contribution < 1.29 is 14.8 Å². The Labute approximate surface area is 135 Å². The van der Waals surface area contributed by atoms with Crippen molar-refractivity contribution in [2.45, 2.75) is 31.6 Å². The zero-order valence-electron chi connectivity index (χ0n) is 12.8. The Morgan fingerprint density at radius 2 is 1.95 bits per heavy atom. The summed E-state index contributed by atoms with van der Waals surface area (Å²) in [4.78, 5) is 25.6. The first-order chi connectivity index (χ1) is 10.4. The number of hydroxylamine groups is 1. The Kier molecular flexibility index (Phi) is 5.08. The summed E-state index contributed by atoms with van der Waals surface area (Å²) in [5.41, 5.74) is 2.18. The summed E-state index contributed by atoms with van der Waals surface area (Å²) in [5.74, 6) is -0.389. The molecule has 1 aliphatic carbocycles. The molecule has 1 aromatic carbocycles. The quantitative estimate of drug-likeness (QED) is 0.623. The Morgan fingerprint density at radius 3 is 2.45 bits per heavy atom. The first-order valence-corrected chi connectivity index (χ1v) is 7.71. The molecule has 0 aromatic heterocycles. The molecular weight excluding hydrogens is 304 g/mol. The number of amides is 2. The highest BCUT2D eigenvalue weighted by atomic mass is 35.5. The lowest BCUT2D eigenvalue weighted by atomic mass is 9.94. The zero-order valence-corrected chi connectivity index (χ0v) is 13.6. The van der Waals surface area contributed by atoms with E-state index >= 15 is 0 Å². The zero-order chi connectivity index (χ0) is 16.3. The normalized spacial score (nSPS) is 16.7. The number of benzene rings is 1. The molecule has 0 radical (unpaired) electrons. The standard InChI is InChI=1S/C16H21ClN2O3/c1-11(9-14(20)18-22)10-19(2)15(21)16(7-8-16)12-3-5-13(17)6-4-12/h3-6,11,22H,7-10H2,1-2H3,(H,18,20). The maximum absolute atomic E-state index is 12.7. The van der Waals surface area contributed by atoms with Crippen molar-refractivity contribution in [2.75, 3.05) is 13.6 Å². The Balaban J connectivity index is 2.01. The molecule has 0 spiro atoms. The average Bonchev–Trinajstić information content (AvgIpc) is 3.28. The Morgan fingerprint density at radius 1 is 1.36 bits per heavy atom. The number of hydrogen-bond donors (Lipinski definition) is 2. The van der Waals surface area contributed by atoms with Crippen LogP contribution in [0.2, 0.25) is 5.02 Å². The highest BCUT2D eigenvalue weighted by Crippen LogP contribution is 2.49. The molecule has 1 saturated carbocycles. The fourth-order valence-electron chi connectivity index (χ4n) is 2.86. The van der Waals surface area contributed by atoms with E-state index in [-0.39, 0.29) is 18.2 Å². The van der Waals surface area contributed by atoms with Crippen LogP contribution >= 0.6 is 11.6 Å². The lowest BCUT2D eigenvalue weighted by Gasteiger charge is -2.26. The van der Waals surface area contributed by atoms with Crippen LogP contribution in [-0.2, 0) is 15.0 Å². The molecule has 5 nitrogen and oxygen atoms in total. The fourth-order valence-corrected chi connectivity index (χ4v) is 2.99. The predicted molar refractivity (Wildman–Crippen MR) is 83.7 cm³/mol. The molecule has 1 unspecified atom stereocenters. The number of rotatable bonds is 6. The van der Waals surface area contributed by atoms with Crippen LogP contribution in [0, 0.1) is 5.92 Å². The lowest BCUT2D eigenvalue weighted by Crippen LogP contribution is -2.39. The molecule has 1 aromatic rings. The van der Waals surface area contributed by atoms with Gasteiger partial charge >= 0.3 is 0 Å². The van der Waals surface area contributed by atoms with E-state index in [2.05, 4.69) is 0 Å². The topological polar surface area (TPSA) is 69.6 Å². The molecule has 1 atom stereocenters. The number of hydrogen-bond acceptors (Lipinski definition) is 3. The lowest BCUT2D eigenvalue weighted by molar-refractivity contribution is -0.135. The van der Waals surface area contributed by atoms with E-state index < -0.39 is 11.3 Å². The minimum atomic E-state index is -0.438. The summed E-state index contributed by atoms with van der Waals surface area (Å²) in [6, 6.07) is 7.42. The second kappa shape index (κ2) is 6.67. The smallest absolute Gasteiger partial charge is 0.243 e. The molecule has 2 rings (SSSR count). The van der Waals surface area contributed by atoms with Crippen molar-refractivity contribution in [2.24, 2.45) is 5.92 Å². The van der Waals surface area contributed by atoms with Gasteiger partial charge in [0.1, 0.15) is 0 Å². The molecule has 2 N–H and O–H groups in total. The van der Waals surface area contributed by atoms with Gasteiger partial charge in [-0.15, -0.1) is 0 Å². The maximum Gasteiger partial charge on any atom is 0.243 e. The second-order valence-electron chi connectivity index (χ2n) is 6.12. The van der Waals surface area contributed by atoms with Gasteiger partial charge in [-0.1, -0.05) is 30.7 Å². The predicted octanol–water partition coefficient (Wildman–Crippen LogP) is 2.36. The molecule has 0 bridgehead atoms. The third kappa shape index (κ3) is 3.59. The van der Waals surface area contributed by atoms with E-state index in [9.17, 15) is 9.59 Å². The minimum Gasteiger partial charge on any atom is -0.345 e. The van der Waals surface area contributed by atoms with E-state index in [1.165, 1.54) is 0 Å². The maximum atomic E-state index is 12.7. The molecule has 22 heavy (non-hydrogen) atoms. The first-order valence-electron chi connectivity index (χ1n) is 7.33. The van der Waals surface area contributed by atoms with Gasteiger partial charge in [0.25, 0.3) is 0 Å². The molecule has 2 amide bonds. The average molecular weight is 325 g/mol. The summed E-state index contributed by atoms with van der Waals surface area (Å²) in [6.07, 6.45) is 1.86. The number of nitrogens with zero attached hydrogens (tertiary/aromatic N) is 1. The van der Waals surface area contributed by atoms with Gasteiger partial charge in [0, 0.05) is 25.0 Å². The van der Waals surface area contributed by atoms with Crippen LogP contribution in [-0.4, -0.2) is 35.5 Å². The molecule has 0 saturated heterocycles. The SMILES string of the molecule is CC(CC(=O)NO)CN(C)C(=O)C1(c2ccc(Cl)cc2)CC1. The van der Waals surface area contributed by atoms with Crippen molar-refractivity contribution in [3.63, 3.8) is 0 Å². The second-order valence-corrected chi connectivity index (χ2v) is 6.56. The molecule has 1 fully saturated rings. The third-order valence-corrected chi connectivity index (χ3v) is 4.40.